The highest BCUT2D eigenvalue weighted by molar-refractivity contribution is 5.79. The first kappa shape index (κ1) is 17.3. The van der Waals surface area contributed by atoms with Gasteiger partial charge in [-0.15, -0.1) is 0 Å². The molecule has 26 heavy (non-hydrogen) atoms. The molecule has 2 aliphatic rings. The molecule has 136 valence electrons. The molecule has 2 aromatic carbocycles. The highest BCUT2D eigenvalue weighted by Crippen LogP contribution is 2.35. The number of amides is 1. The van der Waals surface area contributed by atoms with E-state index in [-0.39, 0.29) is 11.9 Å². The van der Waals surface area contributed by atoms with Gasteiger partial charge in [-0.1, -0.05) is 60.7 Å². The van der Waals surface area contributed by atoms with Crippen LogP contribution in [0.1, 0.15) is 42.9 Å². The van der Waals surface area contributed by atoms with Gasteiger partial charge in [0.1, 0.15) is 0 Å². The first-order valence-electron chi connectivity index (χ1n) is 9.82. The largest absolute Gasteiger partial charge is 0.334 e. The van der Waals surface area contributed by atoms with Gasteiger partial charge < -0.3 is 4.90 Å². The maximum atomic E-state index is 13.2. The number of hydrogen-bond donors (Lipinski definition) is 0. The van der Waals surface area contributed by atoms with Crippen molar-refractivity contribution in [2.45, 2.75) is 37.8 Å². The van der Waals surface area contributed by atoms with Crippen LogP contribution in [0.4, 0.5) is 0 Å². The van der Waals surface area contributed by atoms with Gasteiger partial charge in [0.15, 0.2) is 0 Å². The second kappa shape index (κ2) is 7.63. The van der Waals surface area contributed by atoms with Crippen molar-refractivity contribution in [1.82, 2.24) is 9.80 Å². The van der Waals surface area contributed by atoms with Crippen molar-refractivity contribution in [3.8, 4) is 0 Å². The second-order valence-electron chi connectivity index (χ2n) is 7.83. The SMILES string of the molecule is CN(C(=O)CN(CC1CC1)C1CC1)C(c1ccccc1)c1ccccc1. The number of nitrogens with zero attached hydrogens (tertiary/aromatic N) is 2. The first-order chi connectivity index (χ1) is 12.7. The van der Waals surface area contributed by atoms with E-state index in [0.717, 1.165) is 23.6 Å². The monoisotopic (exact) mass is 348 g/mol. The van der Waals surface area contributed by atoms with E-state index >= 15 is 0 Å². The third-order valence-electron chi connectivity index (χ3n) is 5.60. The Kier molecular flexibility index (Phi) is 5.07. The third-order valence-corrected chi connectivity index (χ3v) is 5.60. The zero-order valence-corrected chi connectivity index (χ0v) is 15.6. The summed E-state index contributed by atoms with van der Waals surface area (Å²) in [7, 11) is 1.95. The zero-order valence-electron chi connectivity index (χ0n) is 15.6. The fourth-order valence-electron chi connectivity index (χ4n) is 3.75. The van der Waals surface area contributed by atoms with E-state index < -0.39 is 0 Å². The average molecular weight is 348 g/mol. The lowest BCUT2D eigenvalue weighted by Crippen LogP contribution is -2.42. The van der Waals surface area contributed by atoms with Crippen molar-refractivity contribution in [3.05, 3.63) is 71.8 Å². The lowest BCUT2D eigenvalue weighted by molar-refractivity contribution is -0.132. The van der Waals surface area contributed by atoms with Gasteiger partial charge in [0.25, 0.3) is 0 Å². The predicted octanol–water partition coefficient (Wildman–Crippen LogP) is 4.11. The van der Waals surface area contributed by atoms with Crippen molar-refractivity contribution < 1.29 is 4.79 Å². The van der Waals surface area contributed by atoms with Crippen molar-refractivity contribution in [2.24, 2.45) is 5.92 Å². The molecule has 0 aromatic heterocycles. The lowest BCUT2D eigenvalue weighted by atomic mass is 9.97. The molecular formula is C23H28N2O. The Morgan fingerprint density at radius 3 is 1.92 bits per heavy atom. The Labute approximate surface area is 156 Å². The van der Waals surface area contributed by atoms with E-state index in [0.29, 0.717) is 12.6 Å². The molecule has 2 aliphatic carbocycles. The molecule has 0 heterocycles. The Bertz CT molecular complexity index is 683. The van der Waals surface area contributed by atoms with Gasteiger partial charge in [-0.25, -0.2) is 0 Å². The molecule has 2 fully saturated rings. The summed E-state index contributed by atoms with van der Waals surface area (Å²) in [5.74, 6) is 1.04. The van der Waals surface area contributed by atoms with Crippen LogP contribution in [0, 0.1) is 5.92 Å². The van der Waals surface area contributed by atoms with Gasteiger partial charge in [0.2, 0.25) is 5.91 Å². The summed E-state index contributed by atoms with van der Waals surface area (Å²) in [5, 5.41) is 0. The Morgan fingerprint density at radius 1 is 0.923 bits per heavy atom. The molecule has 0 radical (unpaired) electrons. The molecule has 0 saturated heterocycles. The van der Waals surface area contributed by atoms with E-state index in [2.05, 4.69) is 29.2 Å². The molecule has 0 aliphatic heterocycles. The van der Waals surface area contributed by atoms with Crippen LogP contribution in [-0.4, -0.2) is 41.9 Å². The quantitative estimate of drug-likeness (QED) is 0.717. The van der Waals surface area contributed by atoms with Crippen LogP contribution < -0.4 is 0 Å². The summed E-state index contributed by atoms with van der Waals surface area (Å²) in [5.41, 5.74) is 2.32. The standard InChI is InChI=1S/C23H28N2O/c1-24(22(26)17-25(21-14-15-21)16-18-12-13-18)23(19-8-4-2-5-9-19)20-10-6-3-7-11-20/h2-11,18,21,23H,12-17H2,1H3. The van der Waals surface area contributed by atoms with Crippen LogP contribution in [0.25, 0.3) is 0 Å². The minimum Gasteiger partial charge on any atom is -0.334 e. The molecule has 0 atom stereocenters. The number of benzene rings is 2. The Balaban J connectivity index is 1.53. The molecule has 2 aromatic rings. The average Bonchev–Trinajstić information content (AvgIpc) is 3.56. The van der Waals surface area contributed by atoms with Gasteiger partial charge in [0.05, 0.1) is 12.6 Å². The normalized spacial score (nSPS) is 16.9. The summed E-state index contributed by atoms with van der Waals surface area (Å²) in [6, 6.07) is 21.3. The molecule has 2 saturated carbocycles. The van der Waals surface area contributed by atoms with E-state index in [9.17, 15) is 4.79 Å². The molecule has 0 N–H and O–H groups in total. The Hall–Kier alpha value is -2.13. The summed E-state index contributed by atoms with van der Waals surface area (Å²) in [6.45, 7) is 1.65. The fraction of sp³-hybridized carbons (Fsp3) is 0.435. The molecule has 3 nitrogen and oxygen atoms in total. The van der Waals surface area contributed by atoms with Gasteiger partial charge in [-0.2, -0.15) is 0 Å². The number of hydrogen-bond acceptors (Lipinski definition) is 2. The summed E-state index contributed by atoms with van der Waals surface area (Å²) < 4.78 is 0. The number of likely N-dealkylation sites (N-methyl/N-ethyl adjacent to an activating group) is 1. The van der Waals surface area contributed by atoms with Gasteiger partial charge >= 0.3 is 0 Å². The number of rotatable bonds is 8. The minimum atomic E-state index is -0.0353. The van der Waals surface area contributed by atoms with Crippen molar-refractivity contribution in [2.75, 3.05) is 20.1 Å². The summed E-state index contributed by atoms with van der Waals surface area (Å²) >= 11 is 0. The molecule has 3 heteroatoms. The van der Waals surface area contributed by atoms with Crippen molar-refractivity contribution in [3.63, 3.8) is 0 Å². The number of carbonyl (C=O) groups is 1. The van der Waals surface area contributed by atoms with Crippen LogP contribution in [0.15, 0.2) is 60.7 Å². The van der Waals surface area contributed by atoms with E-state index in [1.807, 2.05) is 48.3 Å². The minimum absolute atomic E-state index is 0.0353. The van der Waals surface area contributed by atoms with Crippen LogP contribution >= 0.6 is 0 Å². The Morgan fingerprint density at radius 2 is 1.46 bits per heavy atom. The fourth-order valence-corrected chi connectivity index (χ4v) is 3.75. The molecule has 4 rings (SSSR count). The molecular weight excluding hydrogens is 320 g/mol. The topological polar surface area (TPSA) is 23.6 Å². The zero-order chi connectivity index (χ0) is 17.9. The highest BCUT2D eigenvalue weighted by Gasteiger charge is 2.35. The molecule has 0 bridgehead atoms. The number of carbonyl (C=O) groups excluding carboxylic acids is 1. The van der Waals surface area contributed by atoms with Crippen molar-refractivity contribution in [1.29, 1.82) is 0 Å². The smallest absolute Gasteiger partial charge is 0.237 e. The summed E-state index contributed by atoms with van der Waals surface area (Å²) in [4.78, 5) is 17.5. The van der Waals surface area contributed by atoms with Gasteiger partial charge in [-0.3, -0.25) is 9.69 Å². The summed E-state index contributed by atoms with van der Waals surface area (Å²) in [6.07, 6.45) is 5.18. The second-order valence-corrected chi connectivity index (χ2v) is 7.83. The highest BCUT2D eigenvalue weighted by atomic mass is 16.2. The molecule has 1 amide bonds. The van der Waals surface area contributed by atoms with Crippen LogP contribution in [0.3, 0.4) is 0 Å². The first-order valence-corrected chi connectivity index (χ1v) is 9.82. The maximum Gasteiger partial charge on any atom is 0.237 e. The molecule has 0 unspecified atom stereocenters. The van der Waals surface area contributed by atoms with Crippen LogP contribution in [-0.2, 0) is 4.79 Å². The van der Waals surface area contributed by atoms with Gasteiger partial charge in [0, 0.05) is 19.6 Å². The van der Waals surface area contributed by atoms with E-state index in [4.69, 9.17) is 0 Å². The third kappa shape index (κ3) is 4.16. The maximum absolute atomic E-state index is 13.2. The van der Waals surface area contributed by atoms with Crippen molar-refractivity contribution >= 4 is 5.91 Å². The van der Waals surface area contributed by atoms with E-state index in [1.54, 1.807) is 0 Å². The predicted molar refractivity (Wildman–Crippen MR) is 105 cm³/mol. The van der Waals surface area contributed by atoms with E-state index in [1.165, 1.54) is 25.7 Å². The van der Waals surface area contributed by atoms with Crippen LogP contribution in [0.5, 0.6) is 0 Å². The molecule has 0 spiro atoms. The van der Waals surface area contributed by atoms with Gasteiger partial charge in [-0.05, 0) is 42.7 Å². The van der Waals surface area contributed by atoms with Crippen LogP contribution in [0.2, 0.25) is 0 Å². The lowest BCUT2D eigenvalue weighted by Gasteiger charge is -2.31.